The minimum Gasteiger partial charge on any atom is -0.301 e. The van der Waals surface area contributed by atoms with Gasteiger partial charge in [-0.3, -0.25) is 0 Å². The summed E-state index contributed by atoms with van der Waals surface area (Å²) in [6.07, 6.45) is 3.96. The van der Waals surface area contributed by atoms with Crippen LogP contribution in [0.15, 0.2) is 85.2 Å². The van der Waals surface area contributed by atoms with E-state index in [0.717, 1.165) is 11.3 Å². The van der Waals surface area contributed by atoms with E-state index in [1.54, 1.807) is 0 Å². The van der Waals surface area contributed by atoms with Gasteiger partial charge in [0.25, 0.3) is 0 Å². The molecule has 2 heterocycles. The van der Waals surface area contributed by atoms with Crippen LogP contribution in [-0.4, -0.2) is 9.55 Å². The Morgan fingerprint density at radius 3 is 2.19 bits per heavy atom. The van der Waals surface area contributed by atoms with Crippen molar-refractivity contribution in [2.45, 2.75) is 0 Å². The van der Waals surface area contributed by atoms with E-state index in [1.165, 1.54) is 16.5 Å². The number of rotatable bonds is 2. The summed E-state index contributed by atoms with van der Waals surface area (Å²) < 4.78 is 2.13. The first-order chi connectivity index (χ1) is 10.4. The van der Waals surface area contributed by atoms with Crippen LogP contribution in [-0.2, 0) is 0 Å². The zero-order chi connectivity index (χ0) is 14.1. The van der Waals surface area contributed by atoms with Crippen molar-refractivity contribution < 1.29 is 0 Å². The Bertz CT molecular complexity index is 877. The quantitative estimate of drug-likeness (QED) is 0.516. The average molecular weight is 270 g/mol. The third-order valence-corrected chi connectivity index (χ3v) is 3.71. The lowest BCUT2D eigenvalue weighted by Gasteiger charge is -2.06. The van der Waals surface area contributed by atoms with E-state index in [-0.39, 0.29) is 0 Å². The second-order valence-corrected chi connectivity index (χ2v) is 4.98. The van der Waals surface area contributed by atoms with Crippen LogP contribution in [0.25, 0.3) is 27.8 Å². The fraction of sp³-hybridized carbons (Fsp3) is 0. The highest BCUT2D eigenvalue weighted by atomic mass is 15.0. The highest BCUT2D eigenvalue weighted by Gasteiger charge is 2.09. The Kier molecular flexibility index (Phi) is 2.79. The number of para-hydroxylation sites is 1. The lowest BCUT2D eigenvalue weighted by molar-refractivity contribution is 1.09. The summed E-state index contributed by atoms with van der Waals surface area (Å²) in [5, 5.41) is 1.17. The third-order valence-electron chi connectivity index (χ3n) is 3.71. The minimum atomic E-state index is 0.988. The van der Waals surface area contributed by atoms with Gasteiger partial charge in [-0.15, -0.1) is 0 Å². The molecule has 100 valence electrons. The number of nitrogens with zero attached hydrogens (tertiary/aromatic N) is 2. The Balaban J connectivity index is 1.96. The van der Waals surface area contributed by atoms with Gasteiger partial charge in [0.05, 0.1) is 0 Å². The number of hydrogen-bond donors (Lipinski definition) is 0. The molecular formula is C19H14N2. The predicted octanol–water partition coefficient (Wildman–Crippen LogP) is 4.69. The molecule has 2 nitrogen and oxygen atoms in total. The van der Waals surface area contributed by atoms with Gasteiger partial charge in [-0.05, 0) is 35.4 Å². The predicted molar refractivity (Wildman–Crippen MR) is 86.5 cm³/mol. The Hall–Kier alpha value is -2.87. The van der Waals surface area contributed by atoms with Gasteiger partial charge in [-0.1, -0.05) is 48.5 Å². The van der Waals surface area contributed by atoms with Crippen LogP contribution in [0.3, 0.4) is 0 Å². The van der Waals surface area contributed by atoms with Gasteiger partial charge in [-0.2, -0.15) is 0 Å². The molecular weight excluding hydrogens is 256 g/mol. The van der Waals surface area contributed by atoms with Crippen LogP contribution in [0.4, 0.5) is 0 Å². The highest BCUT2D eigenvalue weighted by Crippen LogP contribution is 2.29. The summed E-state index contributed by atoms with van der Waals surface area (Å²) in [5.41, 5.74) is 4.55. The summed E-state index contributed by atoms with van der Waals surface area (Å²) in [6.45, 7) is 0. The fourth-order valence-electron chi connectivity index (χ4n) is 2.70. The SMILES string of the molecule is c1ccc(-c2ccnc3c2ccn3-c2ccccc2)cc1. The van der Waals surface area contributed by atoms with Crippen LogP contribution in [0.1, 0.15) is 0 Å². The summed E-state index contributed by atoms with van der Waals surface area (Å²) >= 11 is 0. The smallest absolute Gasteiger partial charge is 0.145 e. The molecule has 4 aromatic rings. The van der Waals surface area contributed by atoms with Gasteiger partial charge in [0.1, 0.15) is 5.65 Å². The first-order valence-corrected chi connectivity index (χ1v) is 7.00. The molecule has 2 aromatic heterocycles. The summed E-state index contributed by atoms with van der Waals surface area (Å²) in [5.74, 6) is 0. The number of benzene rings is 2. The van der Waals surface area contributed by atoms with E-state index in [1.807, 2.05) is 30.5 Å². The molecule has 0 aliphatic carbocycles. The molecule has 0 fully saturated rings. The molecule has 0 radical (unpaired) electrons. The van der Waals surface area contributed by atoms with Gasteiger partial charge in [0, 0.05) is 23.5 Å². The van der Waals surface area contributed by atoms with E-state index >= 15 is 0 Å². The van der Waals surface area contributed by atoms with Crippen molar-refractivity contribution >= 4 is 11.0 Å². The molecule has 0 saturated carbocycles. The maximum Gasteiger partial charge on any atom is 0.145 e. The molecule has 2 aromatic carbocycles. The lowest BCUT2D eigenvalue weighted by atomic mass is 10.0. The van der Waals surface area contributed by atoms with Gasteiger partial charge in [0.15, 0.2) is 0 Å². The second kappa shape index (κ2) is 4.91. The van der Waals surface area contributed by atoms with Crippen molar-refractivity contribution in [1.29, 1.82) is 0 Å². The van der Waals surface area contributed by atoms with E-state index < -0.39 is 0 Å². The average Bonchev–Trinajstić information content (AvgIpc) is 3.00. The van der Waals surface area contributed by atoms with Crippen LogP contribution in [0.2, 0.25) is 0 Å². The van der Waals surface area contributed by atoms with Crippen LogP contribution in [0.5, 0.6) is 0 Å². The Morgan fingerprint density at radius 1 is 0.714 bits per heavy atom. The van der Waals surface area contributed by atoms with Crippen LogP contribution < -0.4 is 0 Å². The molecule has 0 unspecified atom stereocenters. The van der Waals surface area contributed by atoms with E-state index in [0.29, 0.717) is 0 Å². The molecule has 0 bridgehead atoms. The van der Waals surface area contributed by atoms with Crippen molar-refractivity contribution in [3.63, 3.8) is 0 Å². The first kappa shape index (κ1) is 11.9. The Labute approximate surface area is 123 Å². The van der Waals surface area contributed by atoms with E-state index in [2.05, 4.69) is 64.3 Å². The second-order valence-electron chi connectivity index (χ2n) is 4.98. The van der Waals surface area contributed by atoms with Crippen molar-refractivity contribution in [1.82, 2.24) is 9.55 Å². The number of pyridine rings is 1. The summed E-state index contributed by atoms with van der Waals surface area (Å²) in [7, 11) is 0. The monoisotopic (exact) mass is 270 g/mol. The largest absolute Gasteiger partial charge is 0.301 e. The van der Waals surface area contributed by atoms with Gasteiger partial charge >= 0.3 is 0 Å². The number of fused-ring (bicyclic) bond motifs is 1. The van der Waals surface area contributed by atoms with Crippen molar-refractivity contribution in [2.75, 3.05) is 0 Å². The summed E-state index contributed by atoms with van der Waals surface area (Å²) in [4.78, 5) is 4.57. The summed E-state index contributed by atoms with van der Waals surface area (Å²) in [6, 6.07) is 24.9. The third kappa shape index (κ3) is 2.01. The lowest BCUT2D eigenvalue weighted by Crippen LogP contribution is -1.93. The fourth-order valence-corrected chi connectivity index (χ4v) is 2.70. The van der Waals surface area contributed by atoms with E-state index in [4.69, 9.17) is 0 Å². The van der Waals surface area contributed by atoms with Gasteiger partial charge in [0.2, 0.25) is 0 Å². The van der Waals surface area contributed by atoms with Crippen molar-refractivity contribution in [2.24, 2.45) is 0 Å². The highest BCUT2D eigenvalue weighted by molar-refractivity contribution is 5.93. The van der Waals surface area contributed by atoms with Gasteiger partial charge in [-0.25, -0.2) is 4.98 Å². The standard InChI is InChI=1S/C19H14N2/c1-3-7-15(8-4-1)17-11-13-20-19-18(17)12-14-21(19)16-9-5-2-6-10-16/h1-14H. The molecule has 0 N–H and O–H groups in total. The first-order valence-electron chi connectivity index (χ1n) is 7.00. The molecule has 0 saturated heterocycles. The zero-order valence-electron chi connectivity index (χ0n) is 11.5. The molecule has 4 rings (SSSR count). The Morgan fingerprint density at radius 2 is 1.43 bits per heavy atom. The van der Waals surface area contributed by atoms with Crippen molar-refractivity contribution in [3.8, 4) is 16.8 Å². The van der Waals surface area contributed by atoms with Crippen LogP contribution >= 0.6 is 0 Å². The van der Waals surface area contributed by atoms with Gasteiger partial charge < -0.3 is 4.57 Å². The molecule has 0 atom stereocenters. The molecule has 0 spiro atoms. The van der Waals surface area contributed by atoms with E-state index in [9.17, 15) is 0 Å². The zero-order valence-corrected chi connectivity index (χ0v) is 11.5. The molecule has 2 heteroatoms. The normalized spacial score (nSPS) is 10.9. The number of hydrogen-bond acceptors (Lipinski definition) is 1. The minimum absolute atomic E-state index is 0.988. The molecule has 21 heavy (non-hydrogen) atoms. The molecule has 0 aliphatic heterocycles. The maximum absolute atomic E-state index is 4.57. The molecule has 0 amide bonds. The van der Waals surface area contributed by atoms with Crippen LogP contribution in [0, 0.1) is 0 Å². The topological polar surface area (TPSA) is 17.8 Å². The number of aromatic nitrogens is 2. The van der Waals surface area contributed by atoms with Crippen molar-refractivity contribution in [3.05, 3.63) is 85.2 Å². The maximum atomic E-state index is 4.57. The molecule has 0 aliphatic rings.